The van der Waals surface area contributed by atoms with Crippen LogP contribution >= 0.6 is 0 Å². The summed E-state index contributed by atoms with van der Waals surface area (Å²) < 4.78 is 0. The summed E-state index contributed by atoms with van der Waals surface area (Å²) >= 11 is 0. The lowest BCUT2D eigenvalue weighted by Gasteiger charge is -2.48. The van der Waals surface area contributed by atoms with Gasteiger partial charge < -0.3 is 0 Å². The van der Waals surface area contributed by atoms with Crippen molar-refractivity contribution in [1.29, 1.82) is 0 Å². The highest BCUT2D eigenvalue weighted by Crippen LogP contribution is 2.39. The van der Waals surface area contributed by atoms with Gasteiger partial charge in [-0.1, -0.05) is 40.5 Å². The number of hydrogen-bond acceptors (Lipinski definition) is 3. The molecule has 0 bridgehead atoms. The number of nitrogens with two attached hydrogens (primary N) is 1. The van der Waals surface area contributed by atoms with Crippen LogP contribution in [-0.2, 0) is 0 Å². The summed E-state index contributed by atoms with van der Waals surface area (Å²) in [5, 5.41) is 0. The van der Waals surface area contributed by atoms with E-state index < -0.39 is 0 Å². The third-order valence-electron chi connectivity index (χ3n) is 4.73. The van der Waals surface area contributed by atoms with Crippen LogP contribution in [0.2, 0.25) is 0 Å². The molecule has 0 saturated heterocycles. The molecule has 0 spiro atoms. The molecule has 1 saturated carbocycles. The molecule has 0 aromatic rings. The maximum Gasteiger partial charge on any atom is 0.0397 e. The molecule has 3 N–H and O–H groups in total. The predicted octanol–water partition coefficient (Wildman–Crippen LogP) is 2.52. The minimum atomic E-state index is 0.237. The Kier molecular flexibility index (Phi) is 5.90. The number of hydrogen-bond donors (Lipinski definition) is 2. The highest BCUT2D eigenvalue weighted by Gasteiger charge is 2.41. The van der Waals surface area contributed by atoms with E-state index in [1.54, 1.807) is 0 Å². The zero-order chi connectivity index (χ0) is 12.9. The van der Waals surface area contributed by atoms with Crippen LogP contribution in [-0.4, -0.2) is 29.6 Å². The molecule has 1 unspecified atom stereocenters. The molecule has 3 nitrogen and oxygen atoms in total. The normalized spacial score (nSPS) is 18.7. The Hall–Kier alpha value is -0.120. The number of nitrogens with one attached hydrogen (secondary N) is 1. The molecule has 1 aliphatic rings. The van der Waals surface area contributed by atoms with Crippen LogP contribution in [0.25, 0.3) is 0 Å². The summed E-state index contributed by atoms with van der Waals surface area (Å²) in [6.07, 6.45) is 6.40. The van der Waals surface area contributed by atoms with Gasteiger partial charge in [-0.2, -0.15) is 0 Å². The van der Waals surface area contributed by atoms with E-state index in [9.17, 15) is 0 Å². The third-order valence-corrected chi connectivity index (χ3v) is 4.73. The monoisotopic (exact) mass is 241 g/mol. The molecule has 0 aromatic carbocycles. The van der Waals surface area contributed by atoms with Crippen LogP contribution in [0.5, 0.6) is 0 Å². The highest BCUT2D eigenvalue weighted by atomic mass is 15.3. The van der Waals surface area contributed by atoms with Crippen LogP contribution in [0.3, 0.4) is 0 Å². The molecule has 0 amide bonds. The maximum absolute atomic E-state index is 5.86. The first-order valence-electron chi connectivity index (χ1n) is 7.39. The number of hydrazine groups is 1. The smallest absolute Gasteiger partial charge is 0.0397 e. The van der Waals surface area contributed by atoms with Crippen molar-refractivity contribution in [3.05, 3.63) is 0 Å². The van der Waals surface area contributed by atoms with Crippen molar-refractivity contribution in [1.82, 2.24) is 10.3 Å². The number of likely N-dealkylation sites (N-methyl/N-ethyl adjacent to an activating group) is 1. The van der Waals surface area contributed by atoms with E-state index in [2.05, 4.69) is 38.0 Å². The van der Waals surface area contributed by atoms with Gasteiger partial charge >= 0.3 is 0 Å². The van der Waals surface area contributed by atoms with Gasteiger partial charge in [0.2, 0.25) is 0 Å². The zero-order valence-corrected chi connectivity index (χ0v) is 12.1. The van der Waals surface area contributed by atoms with Crippen molar-refractivity contribution < 1.29 is 0 Å². The Morgan fingerprint density at radius 1 is 1.18 bits per heavy atom. The van der Waals surface area contributed by atoms with Gasteiger partial charge in [0.15, 0.2) is 0 Å². The molecule has 0 aromatic heterocycles. The lowest BCUT2D eigenvalue weighted by atomic mass is 9.80. The van der Waals surface area contributed by atoms with Gasteiger partial charge in [0.1, 0.15) is 0 Å². The summed E-state index contributed by atoms with van der Waals surface area (Å²) in [5.41, 5.74) is 3.36. The van der Waals surface area contributed by atoms with Gasteiger partial charge in [-0.05, 0) is 38.3 Å². The first-order chi connectivity index (χ1) is 8.18. The second kappa shape index (κ2) is 6.72. The van der Waals surface area contributed by atoms with Crippen LogP contribution in [0, 0.1) is 5.92 Å². The molecule has 17 heavy (non-hydrogen) atoms. The van der Waals surface area contributed by atoms with Crippen LogP contribution in [0.4, 0.5) is 0 Å². The number of nitrogens with zero attached hydrogens (tertiary/aromatic N) is 1. The lowest BCUT2D eigenvalue weighted by Crippen LogP contribution is -2.62. The van der Waals surface area contributed by atoms with E-state index in [4.69, 9.17) is 5.84 Å². The molecule has 3 heteroatoms. The molecule has 1 fully saturated rings. The zero-order valence-electron chi connectivity index (χ0n) is 12.1. The summed E-state index contributed by atoms with van der Waals surface area (Å²) in [4.78, 5) is 2.60. The van der Waals surface area contributed by atoms with E-state index >= 15 is 0 Å². The van der Waals surface area contributed by atoms with E-state index in [-0.39, 0.29) is 5.54 Å². The van der Waals surface area contributed by atoms with Gasteiger partial charge in [-0.25, -0.2) is 0 Å². The van der Waals surface area contributed by atoms with Crippen LogP contribution in [0.15, 0.2) is 0 Å². The van der Waals surface area contributed by atoms with E-state index in [0.717, 1.165) is 19.0 Å². The fraction of sp³-hybridized carbons (Fsp3) is 1.00. The van der Waals surface area contributed by atoms with Gasteiger partial charge in [0.05, 0.1) is 0 Å². The SMILES string of the molecule is CCN(CC)C(CC)(CC)C(CC1CC1)NN. The van der Waals surface area contributed by atoms with Crippen LogP contribution < -0.4 is 11.3 Å². The van der Waals surface area contributed by atoms with Gasteiger partial charge in [-0.3, -0.25) is 16.2 Å². The summed E-state index contributed by atoms with van der Waals surface area (Å²) in [6, 6.07) is 0.435. The van der Waals surface area contributed by atoms with Crippen molar-refractivity contribution in [2.45, 2.75) is 71.4 Å². The van der Waals surface area contributed by atoms with Crippen molar-refractivity contribution in [3.63, 3.8) is 0 Å². The predicted molar refractivity (Wildman–Crippen MR) is 74.7 cm³/mol. The second-order valence-corrected chi connectivity index (χ2v) is 5.38. The fourth-order valence-corrected chi connectivity index (χ4v) is 3.39. The molecular weight excluding hydrogens is 210 g/mol. The van der Waals surface area contributed by atoms with Crippen molar-refractivity contribution in [3.8, 4) is 0 Å². The molecule has 0 radical (unpaired) electrons. The van der Waals surface area contributed by atoms with E-state index in [1.807, 2.05) is 0 Å². The Morgan fingerprint density at radius 3 is 2.00 bits per heavy atom. The van der Waals surface area contributed by atoms with Crippen molar-refractivity contribution in [2.75, 3.05) is 13.1 Å². The molecule has 1 aliphatic carbocycles. The Bertz CT molecular complexity index is 206. The molecular formula is C14H31N3. The highest BCUT2D eigenvalue weighted by molar-refractivity contribution is 4.99. The molecule has 0 heterocycles. The number of rotatable bonds is 9. The quantitative estimate of drug-likeness (QED) is 0.481. The minimum absolute atomic E-state index is 0.237. The average Bonchev–Trinajstić information content (AvgIpc) is 3.17. The van der Waals surface area contributed by atoms with Crippen LogP contribution in [0.1, 0.15) is 59.8 Å². The fourth-order valence-electron chi connectivity index (χ4n) is 3.39. The van der Waals surface area contributed by atoms with Gasteiger partial charge in [0, 0.05) is 11.6 Å². The van der Waals surface area contributed by atoms with E-state index in [0.29, 0.717) is 6.04 Å². The van der Waals surface area contributed by atoms with Crippen molar-refractivity contribution >= 4 is 0 Å². The Morgan fingerprint density at radius 2 is 1.71 bits per heavy atom. The standard InChI is InChI=1S/C14H31N3/c1-5-14(6-2,17(7-3)8-4)13(16-15)11-12-9-10-12/h12-13,16H,5-11,15H2,1-4H3. The van der Waals surface area contributed by atoms with Gasteiger partial charge in [0.25, 0.3) is 0 Å². The maximum atomic E-state index is 5.86. The first kappa shape index (κ1) is 14.9. The van der Waals surface area contributed by atoms with Gasteiger partial charge in [-0.15, -0.1) is 0 Å². The minimum Gasteiger partial charge on any atom is -0.297 e. The largest absolute Gasteiger partial charge is 0.297 e. The molecule has 102 valence electrons. The average molecular weight is 241 g/mol. The summed E-state index contributed by atoms with van der Waals surface area (Å²) in [6.45, 7) is 11.3. The molecule has 0 aliphatic heterocycles. The molecule has 1 atom stereocenters. The summed E-state index contributed by atoms with van der Waals surface area (Å²) in [5.74, 6) is 6.78. The first-order valence-corrected chi connectivity index (χ1v) is 7.39. The van der Waals surface area contributed by atoms with Crippen molar-refractivity contribution in [2.24, 2.45) is 11.8 Å². The summed E-state index contributed by atoms with van der Waals surface area (Å²) in [7, 11) is 0. The van der Waals surface area contributed by atoms with E-state index in [1.165, 1.54) is 32.1 Å². The Balaban J connectivity index is 2.83. The lowest BCUT2D eigenvalue weighted by molar-refractivity contribution is 0.0440. The topological polar surface area (TPSA) is 41.3 Å². The third kappa shape index (κ3) is 3.21. The Labute approximate surface area is 107 Å². The molecule has 1 rings (SSSR count). The second-order valence-electron chi connectivity index (χ2n) is 5.38.